The Labute approximate surface area is 185 Å². The minimum absolute atomic E-state index is 0.142. The normalized spacial score (nSPS) is 15.3. The number of aryl methyl sites for hydroxylation is 1. The van der Waals surface area contributed by atoms with E-state index in [1.54, 1.807) is 0 Å². The Morgan fingerprint density at radius 3 is 2.55 bits per heavy atom. The molecule has 1 atom stereocenters. The van der Waals surface area contributed by atoms with E-state index in [1.165, 1.54) is 17.3 Å². The van der Waals surface area contributed by atoms with Gasteiger partial charge >= 0.3 is 0 Å². The van der Waals surface area contributed by atoms with Crippen LogP contribution in [0.5, 0.6) is 5.75 Å². The van der Waals surface area contributed by atoms with Gasteiger partial charge in [0.15, 0.2) is 5.16 Å². The first-order chi connectivity index (χ1) is 15.0. The molecular formula is C24H25N3O3S. The van der Waals surface area contributed by atoms with Gasteiger partial charge < -0.3 is 15.0 Å². The molecule has 2 heterocycles. The maximum Gasteiger partial charge on any atom is 0.257 e. The monoisotopic (exact) mass is 435 g/mol. The molecule has 1 amide bonds. The molecule has 4 rings (SSSR count). The number of fused-ring (bicyclic) bond motifs is 1. The van der Waals surface area contributed by atoms with Crippen LogP contribution < -0.4 is 15.6 Å². The highest BCUT2D eigenvalue weighted by atomic mass is 32.2. The molecule has 1 aliphatic rings. The van der Waals surface area contributed by atoms with Crippen LogP contribution >= 0.6 is 11.8 Å². The minimum Gasteiger partial charge on any atom is -0.494 e. The summed E-state index contributed by atoms with van der Waals surface area (Å²) in [5, 5.41) is 3.27. The highest BCUT2D eigenvalue weighted by Crippen LogP contribution is 2.35. The summed E-state index contributed by atoms with van der Waals surface area (Å²) >= 11 is 1.44. The van der Waals surface area contributed by atoms with Crippen LogP contribution in [-0.4, -0.2) is 22.5 Å². The van der Waals surface area contributed by atoms with Gasteiger partial charge in [0.25, 0.3) is 5.56 Å². The summed E-state index contributed by atoms with van der Waals surface area (Å²) < 4.78 is 5.64. The number of carbonyl (C=O) groups is 1. The van der Waals surface area contributed by atoms with Crippen LogP contribution in [-0.2, 0) is 10.5 Å². The van der Waals surface area contributed by atoms with E-state index in [0.29, 0.717) is 28.9 Å². The summed E-state index contributed by atoms with van der Waals surface area (Å²) in [6.45, 7) is 4.75. The van der Waals surface area contributed by atoms with E-state index in [1.807, 2.05) is 31.2 Å². The van der Waals surface area contributed by atoms with Gasteiger partial charge in [0.2, 0.25) is 5.91 Å². The Morgan fingerprint density at radius 1 is 1.10 bits per heavy atom. The van der Waals surface area contributed by atoms with E-state index in [9.17, 15) is 9.59 Å². The molecule has 0 aliphatic carbocycles. The molecule has 0 bridgehead atoms. The number of anilines is 1. The summed E-state index contributed by atoms with van der Waals surface area (Å²) in [5.41, 5.74) is 3.53. The molecule has 2 aromatic carbocycles. The van der Waals surface area contributed by atoms with Crippen molar-refractivity contribution in [2.75, 3.05) is 11.9 Å². The number of hydrogen-bond donors (Lipinski definition) is 2. The Kier molecular flexibility index (Phi) is 6.42. The standard InChI is InChI=1S/C24H25N3O3S/c1-3-12-30-18-10-8-17(9-11-18)19-13-20(28)25-22-21(19)23(29)27-24(26-22)31-14-16-6-4-15(2)5-7-16/h4-11,19H,3,12-14H2,1-2H3,(H2,25,26,27,28,29). The fraction of sp³-hybridized carbons (Fsp3) is 0.292. The zero-order valence-corrected chi connectivity index (χ0v) is 18.4. The first-order valence-corrected chi connectivity index (χ1v) is 11.4. The lowest BCUT2D eigenvalue weighted by molar-refractivity contribution is -0.116. The average Bonchev–Trinajstić information content (AvgIpc) is 2.77. The molecular weight excluding hydrogens is 410 g/mol. The minimum atomic E-state index is -0.337. The first-order valence-electron chi connectivity index (χ1n) is 10.4. The van der Waals surface area contributed by atoms with E-state index in [4.69, 9.17) is 4.74 Å². The number of hydrogen-bond acceptors (Lipinski definition) is 5. The lowest BCUT2D eigenvalue weighted by Gasteiger charge is -2.24. The third-order valence-corrected chi connectivity index (χ3v) is 6.13. The van der Waals surface area contributed by atoms with Crippen molar-refractivity contribution >= 4 is 23.5 Å². The molecule has 160 valence electrons. The van der Waals surface area contributed by atoms with Crippen molar-refractivity contribution in [1.29, 1.82) is 0 Å². The predicted octanol–water partition coefficient (Wildman–Crippen LogP) is 4.63. The summed E-state index contributed by atoms with van der Waals surface area (Å²) in [7, 11) is 0. The number of benzene rings is 2. The number of carbonyl (C=O) groups excluding carboxylic acids is 1. The van der Waals surface area contributed by atoms with Crippen LogP contribution in [0, 0.1) is 6.92 Å². The Balaban J connectivity index is 1.58. The van der Waals surface area contributed by atoms with Gasteiger partial charge in [-0.15, -0.1) is 0 Å². The highest BCUT2D eigenvalue weighted by Gasteiger charge is 2.31. The van der Waals surface area contributed by atoms with Crippen LogP contribution in [0.15, 0.2) is 58.5 Å². The molecule has 7 heteroatoms. The third-order valence-electron chi connectivity index (χ3n) is 5.18. The number of nitrogens with zero attached hydrogens (tertiary/aromatic N) is 1. The number of thioether (sulfide) groups is 1. The van der Waals surface area contributed by atoms with Crippen molar-refractivity contribution in [2.45, 2.75) is 43.5 Å². The molecule has 1 aliphatic heterocycles. The molecule has 1 aromatic heterocycles. The van der Waals surface area contributed by atoms with Crippen LogP contribution in [0.2, 0.25) is 0 Å². The molecule has 1 unspecified atom stereocenters. The van der Waals surface area contributed by atoms with Crippen LogP contribution in [0.1, 0.15) is 47.9 Å². The molecule has 0 saturated heterocycles. The fourth-order valence-corrected chi connectivity index (χ4v) is 4.37. The largest absolute Gasteiger partial charge is 0.494 e. The van der Waals surface area contributed by atoms with Crippen LogP contribution in [0.25, 0.3) is 0 Å². The Bertz CT molecular complexity index is 1120. The van der Waals surface area contributed by atoms with E-state index in [2.05, 4.69) is 46.5 Å². The number of amides is 1. The number of ether oxygens (including phenoxy) is 1. The molecule has 6 nitrogen and oxygen atoms in total. The zero-order chi connectivity index (χ0) is 21.8. The molecule has 0 radical (unpaired) electrons. The SMILES string of the molecule is CCCOc1ccc(C2CC(=O)Nc3nc(SCc4ccc(C)cc4)[nH]c(=O)c32)cc1. The van der Waals surface area contributed by atoms with E-state index in [0.717, 1.165) is 23.3 Å². The average molecular weight is 436 g/mol. The predicted molar refractivity (Wildman–Crippen MR) is 123 cm³/mol. The Morgan fingerprint density at radius 2 is 1.84 bits per heavy atom. The lowest BCUT2D eigenvalue weighted by atomic mass is 9.87. The smallest absolute Gasteiger partial charge is 0.257 e. The van der Waals surface area contributed by atoms with Gasteiger partial charge in [-0.25, -0.2) is 4.98 Å². The lowest BCUT2D eigenvalue weighted by Crippen LogP contribution is -2.31. The molecule has 0 fully saturated rings. The first kappa shape index (κ1) is 21.2. The number of H-pyrrole nitrogens is 1. The second-order valence-corrected chi connectivity index (χ2v) is 8.59. The van der Waals surface area contributed by atoms with Crippen molar-refractivity contribution in [1.82, 2.24) is 9.97 Å². The number of rotatable bonds is 7. The number of nitrogens with one attached hydrogen (secondary N) is 2. The molecule has 31 heavy (non-hydrogen) atoms. The highest BCUT2D eigenvalue weighted by molar-refractivity contribution is 7.98. The van der Waals surface area contributed by atoms with Crippen molar-refractivity contribution in [3.05, 3.63) is 81.1 Å². The quantitative estimate of drug-likeness (QED) is 0.417. The van der Waals surface area contributed by atoms with E-state index < -0.39 is 0 Å². The fourth-order valence-electron chi connectivity index (χ4n) is 3.56. The van der Waals surface area contributed by atoms with Gasteiger partial charge in [-0.1, -0.05) is 60.6 Å². The molecule has 0 saturated carbocycles. The summed E-state index contributed by atoms with van der Waals surface area (Å²) in [5.74, 6) is 1.33. The topological polar surface area (TPSA) is 84.1 Å². The maximum atomic E-state index is 13.0. The van der Waals surface area contributed by atoms with Gasteiger partial charge in [-0.2, -0.15) is 0 Å². The van der Waals surface area contributed by atoms with Crippen molar-refractivity contribution in [3.63, 3.8) is 0 Å². The van der Waals surface area contributed by atoms with Gasteiger partial charge in [0, 0.05) is 18.1 Å². The molecule has 3 aromatic rings. The second-order valence-electron chi connectivity index (χ2n) is 7.63. The van der Waals surface area contributed by atoms with Crippen molar-refractivity contribution in [3.8, 4) is 5.75 Å². The van der Waals surface area contributed by atoms with Gasteiger partial charge in [-0.3, -0.25) is 9.59 Å². The third kappa shape index (κ3) is 4.99. The second kappa shape index (κ2) is 9.39. The Hall–Kier alpha value is -3.06. The summed E-state index contributed by atoms with van der Waals surface area (Å²) in [6, 6.07) is 15.8. The van der Waals surface area contributed by atoms with Crippen LogP contribution in [0.3, 0.4) is 0 Å². The van der Waals surface area contributed by atoms with Crippen LogP contribution in [0.4, 0.5) is 5.82 Å². The van der Waals surface area contributed by atoms with E-state index >= 15 is 0 Å². The molecule has 0 spiro atoms. The van der Waals surface area contributed by atoms with Crippen molar-refractivity contribution < 1.29 is 9.53 Å². The summed E-state index contributed by atoms with van der Waals surface area (Å²) in [4.78, 5) is 32.7. The maximum absolute atomic E-state index is 13.0. The van der Waals surface area contributed by atoms with Gasteiger partial charge in [0.05, 0.1) is 12.2 Å². The molecule has 2 N–H and O–H groups in total. The summed E-state index contributed by atoms with van der Waals surface area (Å²) in [6.07, 6.45) is 1.14. The van der Waals surface area contributed by atoms with E-state index in [-0.39, 0.29) is 23.8 Å². The number of aromatic nitrogens is 2. The number of aromatic amines is 1. The van der Waals surface area contributed by atoms with Crippen molar-refractivity contribution in [2.24, 2.45) is 0 Å². The van der Waals surface area contributed by atoms with Gasteiger partial charge in [-0.05, 0) is 36.6 Å². The van der Waals surface area contributed by atoms with Gasteiger partial charge in [0.1, 0.15) is 11.6 Å². The zero-order valence-electron chi connectivity index (χ0n) is 17.6.